The molecule has 0 spiro atoms. The van der Waals surface area contributed by atoms with E-state index in [1.807, 2.05) is 0 Å². The Morgan fingerprint density at radius 3 is 1.51 bits per heavy atom. The number of phenolic OH excluding ortho intramolecular Hbond substituents is 3. The van der Waals surface area contributed by atoms with Gasteiger partial charge >= 0.3 is 0 Å². The van der Waals surface area contributed by atoms with E-state index in [4.69, 9.17) is 4.55 Å². The molecule has 0 atom stereocenters. The van der Waals surface area contributed by atoms with E-state index in [9.17, 15) is 36.7 Å². The van der Waals surface area contributed by atoms with E-state index in [2.05, 4.69) is 30.7 Å². The van der Waals surface area contributed by atoms with E-state index in [1.54, 1.807) is 24.3 Å². The number of hydrogen-bond acceptors (Lipinski definition) is 13. The minimum atomic E-state index is -4.58. The fourth-order valence-corrected chi connectivity index (χ4v) is 4.88. The van der Waals surface area contributed by atoms with Crippen LogP contribution < -0.4 is 0 Å². The Kier molecular flexibility index (Phi) is 12.5. The van der Waals surface area contributed by atoms with Crippen LogP contribution >= 0.6 is 0 Å². The largest absolute Gasteiger partial charge is 0.507 e. The van der Waals surface area contributed by atoms with Gasteiger partial charge in [-0.15, -0.1) is 10.2 Å². The molecule has 0 aliphatic carbocycles. The Bertz CT molecular complexity index is 2250. The molecule has 5 aromatic carbocycles. The van der Waals surface area contributed by atoms with Crippen molar-refractivity contribution in [3.8, 4) is 17.2 Å². The molecule has 0 aromatic heterocycles. The molecule has 5 aromatic rings. The molecular formula is C28H20N6Na2O9S2. The first-order valence-electron chi connectivity index (χ1n) is 12.5. The Hall–Kier alpha value is -3.62. The van der Waals surface area contributed by atoms with Crippen LogP contribution in [0.5, 0.6) is 17.2 Å². The van der Waals surface area contributed by atoms with Crippen molar-refractivity contribution in [2.24, 2.45) is 30.7 Å². The van der Waals surface area contributed by atoms with Gasteiger partial charge in [0.2, 0.25) is 0 Å². The summed E-state index contributed by atoms with van der Waals surface area (Å²) in [4.78, 5) is -0.780. The molecule has 15 nitrogen and oxygen atoms in total. The molecule has 0 aliphatic rings. The zero-order valence-electron chi connectivity index (χ0n) is 24.5. The number of azo groups is 3. The van der Waals surface area contributed by atoms with E-state index in [0.717, 1.165) is 12.1 Å². The molecule has 230 valence electrons. The van der Waals surface area contributed by atoms with Gasteiger partial charge in [0.25, 0.3) is 20.2 Å². The second kappa shape index (κ2) is 15.5. The quantitative estimate of drug-likeness (QED) is 0.0641. The van der Waals surface area contributed by atoms with Crippen molar-refractivity contribution >= 4 is 124 Å². The Morgan fingerprint density at radius 2 is 0.957 bits per heavy atom. The summed E-state index contributed by atoms with van der Waals surface area (Å²) in [6, 6.07) is 20.3. The Labute approximate surface area is 311 Å². The van der Waals surface area contributed by atoms with Crippen molar-refractivity contribution in [3.05, 3.63) is 91.0 Å². The first kappa shape index (κ1) is 37.8. The van der Waals surface area contributed by atoms with E-state index < -0.39 is 36.6 Å². The van der Waals surface area contributed by atoms with Crippen LogP contribution in [0.2, 0.25) is 0 Å². The van der Waals surface area contributed by atoms with Crippen LogP contribution in [-0.2, 0) is 20.2 Å². The van der Waals surface area contributed by atoms with Crippen molar-refractivity contribution in [3.63, 3.8) is 0 Å². The van der Waals surface area contributed by atoms with Gasteiger partial charge in [0.1, 0.15) is 17.2 Å². The van der Waals surface area contributed by atoms with Gasteiger partial charge in [-0.05, 0) is 90.3 Å². The molecule has 0 aliphatic heterocycles. The molecule has 0 unspecified atom stereocenters. The maximum absolute atomic E-state index is 11.5. The summed E-state index contributed by atoms with van der Waals surface area (Å²) in [6.45, 7) is 0. The molecule has 0 saturated heterocycles. The number of nitrogens with zero attached hydrogens (tertiary/aromatic N) is 6. The number of fused-ring (bicyclic) bond motifs is 1. The first-order chi connectivity index (χ1) is 21.3. The molecule has 0 amide bonds. The normalized spacial score (nSPS) is 12.0. The monoisotopic (exact) mass is 694 g/mol. The zero-order chi connectivity index (χ0) is 32.4. The van der Waals surface area contributed by atoms with Gasteiger partial charge in [0.05, 0.1) is 32.5 Å². The molecule has 0 saturated carbocycles. The average molecular weight is 695 g/mol. The van der Waals surface area contributed by atoms with E-state index in [-0.39, 0.29) is 92.2 Å². The summed E-state index contributed by atoms with van der Waals surface area (Å²) >= 11 is 0. The van der Waals surface area contributed by atoms with Crippen LogP contribution in [0.1, 0.15) is 0 Å². The third kappa shape index (κ3) is 9.48. The van der Waals surface area contributed by atoms with Crippen LogP contribution in [0.25, 0.3) is 10.8 Å². The Morgan fingerprint density at radius 1 is 0.468 bits per heavy atom. The SMILES string of the molecule is O=S(=O)(O)c1ccc(N=Nc2ccc(N=Nc3ccc(O)c(N=Nc4ccc5c(O)cc(S(=O)(=O)O)cc5c4)c3O)cc2)cc1.[Na].[Na]. The van der Waals surface area contributed by atoms with Gasteiger partial charge in [-0.25, -0.2) is 0 Å². The molecule has 0 heterocycles. The van der Waals surface area contributed by atoms with Crippen LogP contribution in [0.15, 0.2) is 131 Å². The molecule has 47 heavy (non-hydrogen) atoms. The maximum Gasteiger partial charge on any atom is 0.294 e. The summed E-state index contributed by atoms with van der Waals surface area (Å²) in [5.74, 6) is -1.31. The van der Waals surface area contributed by atoms with Crippen LogP contribution in [0, 0.1) is 0 Å². The molecule has 5 rings (SSSR count). The Balaban J connectivity index is 0.00000300. The molecule has 0 fully saturated rings. The summed E-state index contributed by atoms with van der Waals surface area (Å²) in [6.07, 6.45) is 0. The smallest absolute Gasteiger partial charge is 0.294 e. The number of benzene rings is 5. The second-order valence-corrected chi connectivity index (χ2v) is 12.1. The third-order valence-corrected chi connectivity index (χ3v) is 7.80. The third-order valence-electron chi connectivity index (χ3n) is 6.10. The summed E-state index contributed by atoms with van der Waals surface area (Å²) in [7, 11) is -8.89. The number of hydrogen-bond donors (Lipinski definition) is 5. The molecule has 2 radical (unpaired) electrons. The summed E-state index contributed by atoms with van der Waals surface area (Å²) in [5.41, 5.74) is 0.995. The van der Waals surface area contributed by atoms with E-state index in [0.29, 0.717) is 22.4 Å². The minimum absolute atomic E-state index is 0. The van der Waals surface area contributed by atoms with Gasteiger partial charge in [-0.2, -0.15) is 37.3 Å². The zero-order valence-corrected chi connectivity index (χ0v) is 30.2. The van der Waals surface area contributed by atoms with Crippen LogP contribution in [0.3, 0.4) is 0 Å². The predicted octanol–water partition coefficient (Wildman–Crippen LogP) is 6.93. The summed E-state index contributed by atoms with van der Waals surface area (Å²) in [5, 5.41) is 55.5. The maximum atomic E-state index is 11.5. The number of phenols is 3. The van der Waals surface area contributed by atoms with Crippen molar-refractivity contribution in [2.75, 3.05) is 0 Å². The molecular weight excluding hydrogens is 674 g/mol. The molecule has 5 N–H and O–H groups in total. The molecule has 19 heteroatoms. The van der Waals surface area contributed by atoms with Crippen LogP contribution in [-0.4, -0.2) is 100 Å². The standard InChI is InChI=1S/C28H20N6O9S2.2Na/c35-25-12-11-24(33-31-18-3-1-17(2-4-18)29-30-19-5-8-21(9-6-19)44(38,39)40)28(37)27(25)34-32-20-7-10-23-16(13-20)14-22(15-26(23)36)45(41,42)43;;/h1-15,35-37H,(H,38,39,40)(H,41,42,43);;. The number of rotatable bonds is 8. The topological polar surface area (TPSA) is 244 Å². The minimum Gasteiger partial charge on any atom is -0.507 e. The van der Waals surface area contributed by atoms with Crippen molar-refractivity contribution in [1.82, 2.24) is 0 Å². The fraction of sp³-hybridized carbons (Fsp3) is 0. The van der Waals surface area contributed by atoms with Gasteiger partial charge in [0, 0.05) is 70.6 Å². The van der Waals surface area contributed by atoms with Crippen molar-refractivity contribution < 1.29 is 41.3 Å². The van der Waals surface area contributed by atoms with Gasteiger partial charge in [-0.1, -0.05) is 0 Å². The fourth-order valence-electron chi connectivity index (χ4n) is 3.86. The van der Waals surface area contributed by atoms with Crippen molar-refractivity contribution in [2.45, 2.75) is 9.79 Å². The predicted molar refractivity (Wildman–Crippen MR) is 172 cm³/mol. The van der Waals surface area contributed by atoms with Gasteiger partial charge in [-0.3, -0.25) is 9.11 Å². The number of aromatic hydroxyl groups is 3. The van der Waals surface area contributed by atoms with E-state index in [1.165, 1.54) is 54.6 Å². The summed E-state index contributed by atoms with van der Waals surface area (Å²) < 4.78 is 63.6. The van der Waals surface area contributed by atoms with E-state index >= 15 is 0 Å². The first-order valence-corrected chi connectivity index (χ1v) is 15.4. The van der Waals surface area contributed by atoms with Crippen LogP contribution in [0.4, 0.5) is 34.1 Å². The average Bonchev–Trinajstić information content (AvgIpc) is 2.99. The van der Waals surface area contributed by atoms with Gasteiger partial charge < -0.3 is 15.3 Å². The van der Waals surface area contributed by atoms with Gasteiger partial charge in [0.15, 0.2) is 11.4 Å². The van der Waals surface area contributed by atoms with Crippen molar-refractivity contribution in [1.29, 1.82) is 0 Å². The molecule has 0 bridgehead atoms. The second-order valence-electron chi connectivity index (χ2n) is 9.21.